The summed E-state index contributed by atoms with van der Waals surface area (Å²) in [6.45, 7) is 4.14. The van der Waals surface area contributed by atoms with E-state index in [0.29, 0.717) is 15.8 Å². The fourth-order valence-electron chi connectivity index (χ4n) is 5.28. The molecule has 0 bridgehead atoms. The normalized spacial score (nSPS) is 16.6. The highest BCUT2D eigenvalue weighted by atomic mass is 35.5. The molecule has 0 radical (unpaired) electrons. The molecule has 206 valence electrons. The summed E-state index contributed by atoms with van der Waals surface area (Å²) in [5.41, 5.74) is 6.45. The number of methoxy groups -OCH3 is 2. The molecule has 2 atom stereocenters. The van der Waals surface area contributed by atoms with E-state index in [1.807, 2.05) is 60.7 Å². The summed E-state index contributed by atoms with van der Waals surface area (Å²) < 4.78 is 12.8. The second-order valence-corrected chi connectivity index (χ2v) is 10.3. The number of anilines is 2. The number of carbonyl (C=O) groups is 1. The lowest BCUT2D eigenvalue weighted by molar-refractivity contribution is -0.119. The molecule has 1 fully saturated rings. The Kier molecular flexibility index (Phi) is 8.07. The molecule has 1 amide bonds. The minimum Gasteiger partial charge on any atom is -0.495 e. The van der Waals surface area contributed by atoms with E-state index in [2.05, 4.69) is 45.0 Å². The van der Waals surface area contributed by atoms with Crippen molar-refractivity contribution in [1.29, 1.82) is 0 Å². The van der Waals surface area contributed by atoms with Crippen LogP contribution in [0.4, 0.5) is 11.4 Å². The fraction of sp³-hybridized carbons (Fsp3) is 0.233. The zero-order valence-electron chi connectivity index (χ0n) is 22.6. The van der Waals surface area contributed by atoms with E-state index in [9.17, 15) is 4.79 Å². The van der Waals surface area contributed by atoms with E-state index >= 15 is 0 Å². The fourth-order valence-corrected chi connectivity index (χ4v) is 5.79. The van der Waals surface area contributed by atoms with Crippen molar-refractivity contribution in [2.24, 2.45) is 0 Å². The summed E-state index contributed by atoms with van der Waals surface area (Å²) in [4.78, 5) is 18.8. The minimum atomic E-state index is -0.217. The monoisotopic (exact) mass is 575 g/mol. The number of halogens is 1. The predicted octanol–water partition coefficient (Wildman–Crippen LogP) is 5.91. The maximum absolute atomic E-state index is 12.0. The van der Waals surface area contributed by atoms with Gasteiger partial charge in [-0.15, -0.1) is 0 Å². The number of ether oxygens (including phenoxy) is 2. The second kappa shape index (κ2) is 11.7. The van der Waals surface area contributed by atoms with E-state index in [4.69, 9.17) is 33.3 Å². The van der Waals surface area contributed by atoms with Crippen LogP contribution < -0.4 is 20.3 Å². The van der Waals surface area contributed by atoms with Crippen LogP contribution in [0.3, 0.4) is 0 Å². The molecule has 2 aromatic heterocycles. The van der Waals surface area contributed by atoms with Gasteiger partial charge in [-0.1, -0.05) is 17.7 Å². The van der Waals surface area contributed by atoms with Gasteiger partial charge in [-0.05, 0) is 92.3 Å². The number of pyridine rings is 1. The Morgan fingerprint density at radius 3 is 2.55 bits per heavy atom. The van der Waals surface area contributed by atoms with Gasteiger partial charge in [-0.25, -0.2) is 0 Å². The van der Waals surface area contributed by atoms with Crippen molar-refractivity contribution in [3.8, 4) is 11.4 Å². The van der Waals surface area contributed by atoms with Gasteiger partial charge in [0, 0.05) is 41.1 Å². The first kappa shape index (κ1) is 27.6. The SMILES string of the molecule is COCC(=O)Nc1ccc(N2C(=S)N[C@@H](c3ccccn3)[C@H]2c2cc(C)n(-c3cc(Cl)ccc3OC)c2C)cc1. The van der Waals surface area contributed by atoms with Crippen LogP contribution in [0.2, 0.25) is 5.02 Å². The molecule has 0 spiro atoms. The molecule has 1 aliphatic heterocycles. The number of nitrogens with zero attached hydrogens (tertiary/aromatic N) is 3. The Balaban J connectivity index is 1.61. The largest absolute Gasteiger partial charge is 0.495 e. The summed E-state index contributed by atoms with van der Waals surface area (Å²) in [5, 5.41) is 7.56. The molecule has 10 heteroatoms. The summed E-state index contributed by atoms with van der Waals surface area (Å²) >= 11 is 12.3. The number of amides is 1. The van der Waals surface area contributed by atoms with Crippen LogP contribution >= 0.6 is 23.8 Å². The zero-order chi connectivity index (χ0) is 28.4. The topological polar surface area (TPSA) is 80.7 Å². The van der Waals surface area contributed by atoms with E-state index in [0.717, 1.165) is 39.8 Å². The van der Waals surface area contributed by atoms with Gasteiger partial charge in [0.25, 0.3) is 0 Å². The van der Waals surface area contributed by atoms with Crippen molar-refractivity contribution in [3.05, 3.63) is 101 Å². The molecule has 4 aromatic rings. The number of rotatable bonds is 8. The minimum absolute atomic E-state index is 0.0112. The van der Waals surface area contributed by atoms with E-state index in [1.54, 1.807) is 13.3 Å². The van der Waals surface area contributed by atoms with Gasteiger partial charge < -0.3 is 29.6 Å². The van der Waals surface area contributed by atoms with Gasteiger partial charge in [0.05, 0.1) is 30.6 Å². The number of thiocarbonyl (C=S) groups is 1. The Hall–Kier alpha value is -3.92. The molecule has 3 heterocycles. The molecular weight excluding hydrogens is 546 g/mol. The molecule has 0 unspecified atom stereocenters. The van der Waals surface area contributed by atoms with E-state index < -0.39 is 0 Å². The van der Waals surface area contributed by atoms with Gasteiger partial charge in [0.15, 0.2) is 5.11 Å². The molecule has 40 heavy (non-hydrogen) atoms. The lowest BCUT2D eigenvalue weighted by Gasteiger charge is -2.28. The second-order valence-electron chi connectivity index (χ2n) is 9.50. The van der Waals surface area contributed by atoms with Crippen LogP contribution in [-0.2, 0) is 9.53 Å². The highest BCUT2D eigenvalue weighted by Crippen LogP contribution is 2.44. The number of benzene rings is 2. The molecule has 2 aromatic carbocycles. The van der Waals surface area contributed by atoms with Crippen molar-refractivity contribution in [3.63, 3.8) is 0 Å². The summed E-state index contributed by atoms with van der Waals surface area (Å²) in [5.74, 6) is 0.507. The van der Waals surface area contributed by atoms with Gasteiger partial charge in [0.2, 0.25) is 5.91 Å². The quantitative estimate of drug-likeness (QED) is 0.253. The third kappa shape index (κ3) is 5.28. The predicted molar refractivity (Wildman–Crippen MR) is 162 cm³/mol. The van der Waals surface area contributed by atoms with Gasteiger partial charge in [0.1, 0.15) is 12.4 Å². The van der Waals surface area contributed by atoms with Crippen LogP contribution in [0.25, 0.3) is 5.69 Å². The van der Waals surface area contributed by atoms with Gasteiger partial charge >= 0.3 is 0 Å². The first-order valence-electron chi connectivity index (χ1n) is 12.7. The Labute approximate surface area is 243 Å². The first-order chi connectivity index (χ1) is 19.3. The van der Waals surface area contributed by atoms with Crippen LogP contribution in [0.15, 0.2) is 72.9 Å². The highest BCUT2D eigenvalue weighted by molar-refractivity contribution is 7.80. The van der Waals surface area contributed by atoms with Crippen molar-refractivity contribution >= 4 is 46.2 Å². The number of aryl methyl sites for hydroxylation is 1. The maximum Gasteiger partial charge on any atom is 0.250 e. The van der Waals surface area contributed by atoms with Gasteiger partial charge in [-0.2, -0.15) is 0 Å². The van der Waals surface area contributed by atoms with Crippen molar-refractivity contribution < 1.29 is 14.3 Å². The van der Waals surface area contributed by atoms with E-state index in [1.165, 1.54) is 7.11 Å². The van der Waals surface area contributed by atoms with Crippen LogP contribution in [0.5, 0.6) is 5.75 Å². The first-order valence-corrected chi connectivity index (χ1v) is 13.5. The third-order valence-corrected chi connectivity index (χ3v) is 7.52. The average molecular weight is 576 g/mol. The number of hydrogen-bond donors (Lipinski definition) is 2. The van der Waals surface area contributed by atoms with Crippen molar-refractivity contribution in [2.45, 2.75) is 25.9 Å². The summed E-state index contributed by atoms with van der Waals surface area (Å²) in [7, 11) is 3.14. The summed E-state index contributed by atoms with van der Waals surface area (Å²) in [6.07, 6.45) is 1.79. The average Bonchev–Trinajstić information content (AvgIpc) is 3.44. The highest BCUT2D eigenvalue weighted by Gasteiger charge is 2.42. The third-order valence-electron chi connectivity index (χ3n) is 6.97. The molecule has 1 saturated heterocycles. The number of hydrogen-bond acceptors (Lipinski definition) is 5. The van der Waals surface area contributed by atoms with Crippen molar-refractivity contribution in [1.82, 2.24) is 14.9 Å². The van der Waals surface area contributed by atoms with Crippen molar-refractivity contribution in [2.75, 3.05) is 31.0 Å². The standard InChI is InChI=1S/C30H30ClN5O3S/c1-18-15-23(19(2)35(18)25-16-20(31)8-13-26(25)39-4)29-28(24-7-5-6-14-32-24)34-30(40)36(29)22-11-9-21(10-12-22)33-27(37)17-38-3/h5-16,28-29H,17H2,1-4H3,(H,33,37)(H,34,40)/t28-,29+/m0/s1. The molecule has 0 aliphatic carbocycles. The van der Waals surface area contributed by atoms with Crippen LogP contribution in [0.1, 0.15) is 34.7 Å². The van der Waals surface area contributed by atoms with Crippen LogP contribution in [0, 0.1) is 13.8 Å². The van der Waals surface area contributed by atoms with Crippen LogP contribution in [-0.4, -0.2) is 41.4 Å². The number of carbonyl (C=O) groups excluding carboxylic acids is 1. The number of aromatic nitrogens is 2. The lowest BCUT2D eigenvalue weighted by Crippen LogP contribution is -2.29. The Morgan fingerprint density at radius 1 is 1.10 bits per heavy atom. The molecular formula is C30H30ClN5O3S. The van der Waals surface area contributed by atoms with Gasteiger partial charge in [-0.3, -0.25) is 9.78 Å². The Morgan fingerprint density at radius 2 is 1.88 bits per heavy atom. The Bertz CT molecular complexity index is 1540. The molecule has 1 aliphatic rings. The zero-order valence-corrected chi connectivity index (χ0v) is 24.2. The lowest BCUT2D eigenvalue weighted by atomic mass is 9.96. The molecule has 8 nitrogen and oxygen atoms in total. The molecule has 0 saturated carbocycles. The van der Waals surface area contributed by atoms with E-state index in [-0.39, 0.29) is 24.6 Å². The summed E-state index contributed by atoms with van der Waals surface area (Å²) in [6, 6.07) is 20.9. The molecule has 5 rings (SSSR count). The molecule has 2 N–H and O–H groups in total. The maximum atomic E-state index is 12.0. The smallest absolute Gasteiger partial charge is 0.250 e. The number of nitrogens with one attached hydrogen (secondary N) is 2.